The van der Waals surface area contributed by atoms with Crippen LogP contribution in [0.25, 0.3) is 0 Å². The van der Waals surface area contributed by atoms with Crippen LogP contribution in [-0.2, 0) is 0 Å². The van der Waals surface area contributed by atoms with Crippen LogP contribution < -0.4 is 4.90 Å². The molecule has 0 radical (unpaired) electrons. The molecule has 0 saturated carbocycles. The van der Waals surface area contributed by atoms with Crippen molar-refractivity contribution in [1.82, 2.24) is 20.1 Å². The summed E-state index contributed by atoms with van der Waals surface area (Å²) in [6.45, 7) is 7.00. The lowest BCUT2D eigenvalue weighted by Gasteiger charge is -2.27. The summed E-state index contributed by atoms with van der Waals surface area (Å²) in [7, 11) is 0. The minimum absolute atomic E-state index is 0.133. The quantitative estimate of drug-likeness (QED) is 0.934. The van der Waals surface area contributed by atoms with E-state index in [1.54, 1.807) is 6.33 Å². The molecule has 2 aliphatic rings. The van der Waals surface area contributed by atoms with Gasteiger partial charge in [0.25, 0.3) is 5.91 Å². The van der Waals surface area contributed by atoms with Gasteiger partial charge >= 0.3 is 0 Å². The lowest BCUT2D eigenvalue weighted by Crippen LogP contribution is -2.35. The molecule has 3 heterocycles. The van der Waals surface area contributed by atoms with Crippen molar-refractivity contribution in [2.24, 2.45) is 0 Å². The Bertz CT molecular complexity index is 749. The van der Waals surface area contributed by atoms with Gasteiger partial charge in [0.1, 0.15) is 12.2 Å². The fourth-order valence-corrected chi connectivity index (χ4v) is 4.01. The van der Waals surface area contributed by atoms with Crippen molar-refractivity contribution < 1.29 is 4.79 Å². The molecule has 0 bridgehead atoms. The third-order valence-corrected chi connectivity index (χ3v) is 5.37. The molecule has 4 rings (SSSR count). The number of aromatic amines is 1. The highest BCUT2D eigenvalue weighted by molar-refractivity contribution is 5.95. The highest BCUT2D eigenvalue weighted by atomic mass is 16.2. The number of rotatable bonds is 3. The largest absolute Gasteiger partial charge is 0.368 e. The number of nitrogens with one attached hydrogen (secondary N) is 1. The summed E-state index contributed by atoms with van der Waals surface area (Å²) in [5, 5.41) is 7.02. The third kappa shape index (κ3) is 2.90. The molecule has 0 spiro atoms. The van der Waals surface area contributed by atoms with E-state index in [1.807, 2.05) is 11.0 Å². The lowest BCUT2D eigenvalue weighted by molar-refractivity contribution is 0.0724. The number of amides is 1. The van der Waals surface area contributed by atoms with Gasteiger partial charge in [-0.2, -0.15) is 5.10 Å². The van der Waals surface area contributed by atoms with E-state index in [-0.39, 0.29) is 11.8 Å². The molecule has 2 aromatic rings. The monoisotopic (exact) mass is 339 g/mol. The second-order valence-corrected chi connectivity index (χ2v) is 7.30. The Morgan fingerprint density at radius 2 is 2.04 bits per heavy atom. The van der Waals surface area contributed by atoms with Crippen LogP contribution >= 0.6 is 0 Å². The van der Waals surface area contributed by atoms with Gasteiger partial charge in [-0.3, -0.25) is 9.89 Å². The molecule has 1 aromatic heterocycles. The zero-order valence-electron chi connectivity index (χ0n) is 14.9. The van der Waals surface area contributed by atoms with E-state index in [4.69, 9.17) is 0 Å². The summed E-state index contributed by atoms with van der Waals surface area (Å²) in [5.74, 6) is 1.16. The summed E-state index contributed by atoms with van der Waals surface area (Å²) in [6.07, 6.45) is 5.00. The Morgan fingerprint density at radius 3 is 2.72 bits per heavy atom. The maximum atomic E-state index is 12.9. The number of piperidine rings is 1. The van der Waals surface area contributed by atoms with Crippen molar-refractivity contribution in [3.8, 4) is 0 Å². The number of carbonyl (C=O) groups excluding carboxylic acids is 1. The number of fused-ring (bicyclic) bond motifs is 1. The van der Waals surface area contributed by atoms with E-state index in [9.17, 15) is 4.79 Å². The van der Waals surface area contributed by atoms with E-state index in [2.05, 4.69) is 46.1 Å². The van der Waals surface area contributed by atoms with Crippen LogP contribution in [0.5, 0.6) is 0 Å². The van der Waals surface area contributed by atoms with Crippen LogP contribution in [0.3, 0.4) is 0 Å². The zero-order chi connectivity index (χ0) is 17.4. The first kappa shape index (κ1) is 16.1. The number of benzene rings is 1. The van der Waals surface area contributed by atoms with Crippen LogP contribution in [0.1, 0.15) is 60.8 Å². The van der Waals surface area contributed by atoms with Crippen molar-refractivity contribution in [2.45, 2.75) is 45.1 Å². The van der Waals surface area contributed by atoms with Gasteiger partial charge in [-0.1, -0.05) is 0 Å². The van der Waals surface area contributed by atoms with E-state index in [0.29, 0.717) is 6.04 Å². The molecule has 1 atom stereocenters. The lowest BCUT2D eigenvalue weighted by atomic mass is 9.98. The average Bonchev–Trinajstić information content (AvgIpc) is 3.28. The van der Waals surface area contributed by atoms with Crippen molar-refractivity contribution in [3.05, 3.63) is 41.5 Å². The van der Waals surface area contributed by atoms with Gasteiger partial charge < -0.3 is 9.80 Å². The Labute approximate surface area is 148 Å². The van der Waals surface area contributed by atoms with Crippen LogP contribution in [0, 0.1) is 0 Å². The van der Waals surface area contributed by atoms with Gasteiger partial charge in [-0.05, 0) is 56.9 Å². The van der Waals surface area contributed by atoms with Gasteiger partial charge in [0.15, 0.2) is 0 Å². The summed E-state index contributed by atoms with van der Waals surface area (Å²) < 4.78 is 0. The molecule has 132 valence electrons. The van der Waals surface area contributed by atoms with Gasteiger partial charge in [0.05, 0.1) is 5.92 Å². The summed E-state index contributed by atoms with van der Waals surface area (Å²) in [6, 6.07) is 6.55. The van der Waals surface area contributed by atoms with Crippen LogP contribution in [-0.4, -0.2) is 51.7 Å². The molecule has 1 unspecified atom stereocenters. The number of likely N-dealkylation sites (tertiary alicyclic amines) is 1. The number of nitrogens with zero attached hydrogens (tertiary/aromatic N) is 4. The molecule has 1 N–H and O–H groups in total. The van der Waals surface area contributed by atoms with Crippen molar-refractivity contribution in [3.63, 3.8) is 0 Å². The molecule has 2 aliphatic heterocycles. The number of hydrogen-bond acceptors (Lipinski definition) is 4. The molecule has 6 nitrogen and oxygen atoms in total. The molecule has 1 fully saturated rings. The maximum Gasteiger partial charge on any atom is 0.253 e. The second-order valence-electron chi connectivity index (χ2n) is 7.30. The minimum atomic E-state index is 0.133. The highest BCUT2D eigenvalue weighted by Crippen LogP contribution is 2.40. The first-order valence-corrected chi connectivity index (χ1v) is 9.20. The fourth-order valence-electron chi connectivity index (χ4n) is 4.01. The van der Waals surface area contributed by atoms with Crippen LogP contribution in [0.2, 0.25) is 0 Å². The predicted molar refractivity (Wildman–Crippen MR) is 96.9 cm³/mol. The molecular formula is C19H25N5O. The molecule has 1 saturated heterocycles. The summed E-state index contributed by atoms with van der Waals surface area (Å²) in [5.41, 5.74) is 3.16. The molecule has 0 aliphatic carbocycles. The first-order chi connectivity index (χ1) is 12.1. The van der Waals surface area contributed by atoms with Gasteiger partial charge in [0, 0.05) is 36.9 Å². The standard InChI is InChI=1S/C19H25N5O/c1-13(2)24-11-16(18-20-12-21-22-18)15-10-14(6-7-17(15)24)19(25)23-8-4-3-5-9-23/h6-7,10,12-13,16H,3-5,8-9,11H2,1-2H3,(H,20,21,22). The number of carbonyl (C=O) groups is 1. The minimum Gasteiger partial charge on any atom is -0.368 e. The van der Waals surface area contributed by atoms with Gasteiger partial charge in [-0.25, -0.2) is 4.98 Å². The predicted octanol–water partition coefficient (Wildman–Crippen LogP) is 2.79. The molecule has 1 aromatic carbocycles. The smallest absolute Gasteiger partial charge is 0.253 e. The topological polar surface area (TPSA) is 65.1 Å². The summed E-state index contributed by atoms with van der Waals surface area (Å²) in [4.78, 5) is 21.6. The van der Waals surface area contributed by atoms with Crippen LogP contribution in [0.15, 0.2) is 24.5 Å². The normalized spacial score (nSPS) is 20.2. The number of aromatic nitrogens is 3. The molecule has 1 amide bonds. The van der Waals surface area contributed by atoms with E-state index in [1.165, 1.54) is 17.7 Å². The molecular weight excluding hydrogens is 314 g/mol. The SMILES string of the molecule is CC(C)N1CC(c2ncn[nH]2)c2cc(C(=O)N3CCCCC3)ccc21. The molecule has 6 heteroatoms. The van der Waals surface area contributed by atoms with E-state index in [0.717, 1.165) is 43.9 Å². The second kappa shape index (κ2) is 6.50. The Hall–Kier alpha value is -2.37. The fraction of sp³-hybridized carbons (Fsp3) is 0.526. The van der Waals surface area contributed by atoms with E-state index < -0.39 is 0 Å². The third-order valence-electron chi connectivity index (χ3n) is 5.37. The first-order valence-electron chi connectivity index (χ1n) is 9.20. The number of anilines is 1. The Balaban J connectivity index is 1.69. The molecule has 25 heavy (non-hydrogen) atoms. The van der Waals surface area contributed by atoms with Crippen molar-refractivity contribution in [1.29, 1.82) is 0 Å². The van der Waals surface area contributed by atoms with Crippen LogP contribution in [0.4, 0.5) is 5.69 Å². The number of hydrogen-bond donors (Lipinski definition) is 1. The zero-order valence-corrected chi connectivity index (χ0v) is 14.9. The maximum absolute atomic E-state index is 12.9. The Morgan fingerprint density at radius 1 is 1.24 bits per heavy atom. The number of H-pyrrole nitrogens is 1. The van der Waals surface area contributed by atoms with Gasteiger partial charge in [-0.15, -0.1) is 0 Å². The van der Waals surface area contributed by atoms with Crippen molar-refractivity contribution in [2.75, 3.05) is 24.5 Å². The van der Waals surface area contributed by atoms with E-state index >= 15 is 0 Å². The summed E-state index contributed by atoms with van der Waals surface area (Å²) >= 11 is 0. The highest BCUT2D eigenvalue weighted by Gasteiger charge is 2.33. The van der Waals surface area contributed by atoms with Gasteiger partial charge in [0.2, 0.25) is 0 Å². The average molecular weight is 339 g/mol. The van der Waals surface area contributed by atoms with Crippen molar-refractivity contribution >= 4 is 11.6 Å². The Kier molecular flexibility index (Phi) is 4.19.